The summed E-state index contributed by atoms with van der Waals surface area (Å²) in [5.41, 5.74) is 8.15. The third-order valence-electron chi connectivity index (χ3n) is 5.43. The van der Waals surface area contributed by atoms with Crippen molar-refractivity contribution in [2.24, 2.45) is 11.7 Å². The van der Waals surface area contributed by atoms with E-state index < -0.39 is 5.91 Å². The van der Waals surface area contributed by atoms with Crippen LogP contribution in [0.15, 0.2) is 54.6 Å². The quantitative estimate of drug-likeness (QED) is 0.595. The van der Waals surface area contributed by atoms with Gasteiger partial charge in [-0.3, -0.25) is 9.59 Å². The van der Waals surface area contributed by atoms with Crippen LogP contribution in [0.5, 0.6) is 0 Å². The summed E-state index contributed by atoms with van der Waals surface area (Å²) in [6, 6.07) is 17.8. The standard InChI is InChI=1S/C25H35N3O2/c1-18(2)14-22(20-8-6-5-7-9-20)16-24(29)27-17-23(28(3)4)15-19-10-12-21(13-11-19)25(26)30/h5-13,18,22-23H,14-17H2,1-4H3,(H2,26,30)(H,27,29)/t22-,23+/m1/s1. The molecule has 3 N–H and O–H groups in total. The fourth-order valence-corrected chi connectivity index (χ4v) is 3.67. The van der Waals surface area contributed by atoms with Gasteiger partial charge < -0.3 is 16.0 Å². The van der Waals surface area contributed by atoms with Crippen LogP contribution in [0.3, 0.4) is 0 Å². The molecule has 0 radical (unpaired) electrons. The summed E-state index contributed by atoms with van der Waals surface area (Å²) in [7, 11) is 4.03. The summed E-state index contributed by atoms with van der Waals surface area (Å²) in [6.45, 7) is 4.96. The third kappa shape index (κ3) is 7.64. The number of amides is 2. The van der Waals surface area contributed by atoms with Gasteiger partial charge >= 0.3 is 0 Å². The molecule has 30 heavy (non-hydrogen) atoms. The minimum Gasteiger partial charge on any atom is -0.366 e. The van der Waals surface area contributed by atoms with Gasteiger partial charge in [-0.05, 0) is 62.0 Å². The first kappa shape index (κ1) is 23.6. The monoisotopic (exact) mass is 409 g/mol. The minimum absolute atomic E-state index is 0.0837. The van der Waals surface area contributed by atoms with Crippen LogP contribution >= 0.6 is 0 Å². The maximum Gasteiger partial charge on any atom is 0.248 e. The molecule has 0 aliphatic heterocycles. The van der Waals surface area contributed by atoms with Gasteiger partial charge in [0.25, 0.3) is 0 Å². The van der Waals surface area contributed by atoms with Crippen molar-refractivity contribution in [1.29, 1.82) is 0 Å². The van der Waals surface area contributed by atoms with E-state index in [0.29, 0.717) is 24.4 Å². The van der Waals surface area contributed by atoms with Crippen LogP contribution in [0.25, 0.3) is 0 Å². The number of hydrogen-bond donors (Lipinski definition) is 2. The number of primary amides is 1. The molecule has 0 saturated heterocycles. The molecule has 0 bridgehead atoms. The summed E-state index contributed by atoms with van der Waals surface area (Å²) < 4.78 is 0. The van der Waals surface area contributed by atoms with Crippen molar-refractivity contribution < 1.29 is 9.59 Å². The lowest BCUT2D eigenvalue weighted by molar-refractivity contribution is -0.121. The Balaban J connectivity index is 1.95. The number of likely N-dealkylation sites (N-methyl/N-ethyl adjacent to an activating group) is 1. The summed E-state index contributed by atoms with van der Waals surface area (Å²) in [4.78, 5) is 26.1. The van der Waals surface area contributed by atoms with Crippen molar-refractivity contribution in [1.82, 2.24) is 10.2 Å². The van der Waals surface area contributed by atoms with Crippen molar-refractivity contribution in [2.45, 2.75) is 45.1 Å². The van der Waals surface area contributed by atoms with Crippen LogP contribution in [0, 0.1) is 5.92 Å². The van der Waals surface area contributed by atoms with Crippen LogP contribution in [0.4, 0.5) is 0 Å². The lowest BCUT2D eigenvalue weighted by Gasteiger charge is -2.26. The lowest BCUT2D eigenvalue weighted by atomic mass is 9.87. The highest BCUT2D eigenvalue weighted by atomic mass is 16.1. The first-order valence-electron chi connectivity index (χ1n) is 10.6. The Bertz CT molecular complexity index is 801. The number of rotatable bonds is 11. The zero-order valence-electron chi connectivity index (χ0n) is 18.6. The van der Waals surface area contributed by atoms with Crippen molar-refractivity contribution >= 4 is 11.8 Å². The second-order valence-electron chi connectivity index (χ2n) is 8.63. The average molecular weight is 410 g/mol. The largest absolute Gasteiger partial charge is 0.366 e. The summed E-state index contributed by atoms with van der Waals surface area (Å²) in [6.07, 6.45) is 2.26. The second kappa shape index (κ2) is 11.5. The molecule has 0 aromatic heterocycles. The number of carbonyl (C=O) groups excluding carboxylic acids is 2. The highest BCUT2D eigenvalue weighted by molar-refractivity contribution is 5.92. The summed E-state index contributed by atoms with van der Waals surface area (Å²) >= 11 is 0. The van der Waals surface area contributed by atoms with Crippen molar-refractivity contribution in [3.63, 3.8) is 0 Å². The summed E-state index contributed by atoms with van der Waals surface area (Å²) in [5, 5.41) is 3.13. The predicted molar refractivity (Wildman–Crippen MR) is 122 cm³/mol. The van der Waals surface area contributed by atoms with E-state index in [4.69, 9.17) is 5.73 Å². The first-order chi connectivity index (χ1) is 14.3. The molecule has 2 aromatic rings. The van der Waals surface area contributed by atoms with Crippen LogP contribution in [0.2, 0.25) is 0 Å². The van der Waals surface area contributed by atoms with Gasteiger partial charge in [0.2, 0.25) is 11.8 Å². The first-order valence-corrected chi connectivity index (χ1v) is 10.6. The number of nitrogens with two attached hydrogens (primary N) is 1. The van der Waals surface area contributed by atoms with Gasteiger partial charge in [0, 0.05) is 24.6 Å². The Morgan fingerprint density at radius 1 is 1.00 bits per heavy atom. The van der Waals surface area contributed by atoms with Gasteiger partial charge in [-0.15, -0.1) is 0 Å². The highest BCUT2D eigenvalue weighted by Gasteiger charge is 2.19. The topological polar surface area (TPSA) is 75.4 Å². The van der Waals surface area contributed by atoms with E-state index in [1.54, 1.807) is 12.1 Å². The molecule has 2 atom stereocenters. The van der Waals surface area contributed by atoms with E-state index in [0.717, 1.165) is 18.4 Å². The van der Waals surface area contributed by atoms with E-state index >= 15 is 0 Å². The molecule has 0 heterocycles. The molecule has 0 spiro atoms. The second-order valence-corrected chi connectivity index (χ2v) is 8.63. The van der Waals surface area contributed by atoms with E-state index in [9.17, 15) is 9.59 Å². The SMILES string of the molecule is CC(C)C[C@H](CC(=O)NC[C@H](Cc1ccc(C(N)=O)cc1)N(C)C)c1ccccc1. The lowest BCUT2D eigenvalue weighted by Crippen LogP contribution is -2.42. The highest BCUT2D eigenvalue weighted by Crippen LogP contribution is 2.27. The van der Waals surface area contributed by atoms with Crippen molar-refractivity contribution in [3.05, 3.63) is 71.3 Å². The van der Waals surface area contributed by atoms with Gasteiger partial charge in [-0.25, -0.2) is 0 Å². The smallest absolute Gasteiger partial charge is 0.248 e. The Morgan fingerprint density at radius 2 is 1.63 bits per heavy atom. The molecule has 2 aromatic carbocycles. The van der Waals surface area contributed by atoms with Crippen LogP contribution in [-0.4, -0.2) is 43.4 Å². The van der Waals surface area contributed by atoms with E-state index in [1.165, 1.54) is 5.56 Å². The minimum atomic E-state index is -0.424. The van der Waals surface area contributed by atoms with Crippen molar-refractivity contribution in [2.75, 3.05) is 20.6 Å². The molecule has 0 aliphatic carbocycles. The number of nitrogens with zero attached hydrogens (tertiary/aromatic N) is 1. The van der Waals surface area contributed by atoms with Crippen LogP contribution < -0.4 is 11.1 Å². The number of carbonyl (C=O) groups is 2. The zero-order chi connectivity index (χ0) is 22.1. The van der Waals surface area contributed by atoms with Gasteiger partial charge in [0.15, 0.2) is 0 Å². The third-order valence-corrected chi connectivity index (χ3v) is 5.43. The molecule has 0 saturated carbocycles. The zero-order valence-corrected chi connectivity index (χ0v) is 18.6. The van der Waals surface area contributed by atoms with Gasteiger partial charge in [-0.2, -0.15) is 0 Å². The number of hydrogen-bond acceptors (Lipinski definition) is 3. The normalized spacial score (nSPS) is 13.3. The molecule has 0 unspecified atom stereocenters. The number of nitrogens with one attached hydrogen (secondary N) is 1. The van der Waals surface area contributed by atoms with E-state index in [2.05, 4.69) is 36.2 Å². The molecule has 0 fully saturated rings. The Morgan fingerprint density at radius 3 is 2.17 bits per heavy atom. The molecular formula is C25H35N3O2. The van der Waals surface area contributed by atoms with Gasteiger partial charge in [0.1, 0.15) is 0 Å². The Hall–Kier alpha value is -2.66. The van der Waals surface area contributed by atoms with E-state index in [1.807, 2.05) is 44.4 Å². The van der Waals surface area contributed by atoms with Crippen LogP contribution in [-0.2, 0) is 11.2 Å². The van der Waals surface area contributed by atoms with Crippen LogP contribution in [0.1, 0.15) is 54.1 Å². The molecule has 2 rings (SSSR count). The average Bonchev–Trinajstić information content (AvgIpc) is 2.71. The fraction of sp³-hybridized carbons (Fsp3) is 0.440. The predicted octanol–water partition coefficient (Wildman–Crippen LogP) is 3.59. The molecule has 162 valence electrons. The van der Waals surface area contributed by atoms with Gasteiger partial charge in [0.05, 0.1) is 0 Å². The van der Waals surface area contributed by atoms with Crippen molar-refractivity contribution in [3.8, 4) is 0 Å². The Kier molecular flexibility index (Phi) is 9.06. The van der Waals surface area contributed by atoms with Gasteiger partial charge in [-0.1, -0.05) is 56.3 Å². The van der Waals surface area contributed by atoms with E-state index in [-0.39, 0.29) is 17.9 Å². The molecular weight excluding hydrogens is 374 g/mol. The maximum atomic E-state index is 12.7. The molecule has 0 aliphatic rings. The number of benzene rings is 2. The Labute approximate surface area is 180 Å². The maximum absolute atomic E-state index is 12.7. The molecule has 2 amide bonds. The molecule has 5 heteroatoms. The summed E-state index contributed by atoms with van der Waals surface area (Å²) in [5.74, 6) is 0.416. The fourth-order valence-electron chi connectivity index (χ4n) is 3.67. The molecule has 5 nitrogen and oxygen atoms in total.